The zero-order valence-electron chi connectivity index (χ0n) is 14.8. The number of para-hydroxylation sites is 1. The Balaban J connectivity index is 1.51. The number of ether oxygens (including phenoxy) is 2. The van der Waals surface area contributed by atoms with Gasteiger partial charge in [0.15, 0.2) is 11.5 Å². The van der Waals surface area contributed by atoms with Crippen LogP contribution in [0.5, 0.6) is 11.5 Å². The summed E-state index contributed by atoms with van der Waals surface area (Å²) in [4.78, 5) is 2.33. The largest absolute Gasteiger partial charge is 0.454 e. The summed E-state index contributed by atoms with van der Waals surface area (Å²) in [6, 6.07) is 12.8. The minimum atomic E-state index is -0.310. The second-order valence-corrected chi connectivity index (χ2v) is 7.39. The molecule has 1 saturated heterocycles. The predicted molar refractivity (Wildman–Crippen MR) is 96.7 cm³/mol. The number of piperidine rings is 1. The van der Waals surface area contributed by atoms with E-state index in [1.807, 2.05) is 24.3 Å². The van der Waals surface area contributed by atoms with Crippen molar-refractivity contribution in [1.29, 1.82) is 0 Å². The summed E-state index contributed by atoms with van der Waals surface area (Å²) in [5, 5.41) is 10.1. The first-order chi connectivity index (χ1) is 12.7. The maximum Gasteiger partial charge on any atom is 0.231 e. The van der Waals surface area contributed by atoms with E-state index in [9.17, 15) is 9.50 Å². The molecule has 0 aliphatic carbocycles. The van der Waals surface area contributed by atoms with E-state index in [-0.39, 0.29) is 24.6 Å². The topological polar surface area (TPSA) is 41.9 Å². The molecule has 2 aromatic rings. The molecular weight excluding hydrogens is 333 g/mol. The molecule has 0 spiro atoms. The Morgan fingerprint density at radius 1 is 1.08 bits per heavy atom. The standard InChI is InChI=1S/C21H24FNO3/c22-18-7-2-1-5-16(18)11-21(14-24)9-4-10-23(13-21)12-17-6-3-8-19-20(17)26-15-25-19/h1-3,5-8,24H,4,9-15H2. The zero-order valence-corrected chi connectivity index (χ0v) is 14.8. The lowest BCUT2D eigenvalue weighted by molar-refractivity contribution is 0.0279. The first-order valence-electron chi connectivity index (χ1n) is 9.13. The van der Waals surface area contributed by atoms with E-state index in [0.29, 0.717) is 12.0 Å². The van der Waals surface area contributed by atoms with Crippen LogP contribution in [0, 0.1) is 11.2 Å². The van der Waals surface area contributed by atoms with Gasteiger partial charge in [0.1, 0.15) is 5.82 Å². The molecule has 1 fully saturated rings. The molecule has 4 rings (SSSR count). The Kier molecular flexibility index (Phi) is 4.83. The first kappa shape index (κ1) is 17.3. The molecule has 2 aliphatic rings. The number of aliphatic hydroxyl groups is 1. The van der Waals surface area contributed by atoms with Gasteiger partial charge in [-0.3, -0.25) is 4.90 Å². The first-order valence-corrected chi connectivity index (χ1v) is 9.13. The van der Waals surface area contributed by atoms with Gasteiger partial charge in [0.2, 0.25) is 6.79 Å². The molecule has 1 atom stereocenters. The Bertz CT molecular complexity index is 782. The summed E-state index contributed by atoms with van der Waals surface area (Å²) < 4.78 is 25.2. The monoisotopic (exact) mass is 357 g/mol. The summed E-state index contributed by atoms with van der Waals surface area (Å²) in [7, 11) is 0. The quantitative estimate of drug-likeness (QED) is 0.891. The summed E-state index contributed by atoms with van der Waals surface area (Å²) in [5.74, 6) is 1.42. The van der Waals surface area contributed by atoms with Crippen molar-refractivity contribution < 1.29 is 19.0 Å². The number of fused-ring (bicyclic) bond motifs is 1. The van der Waals surface area contributed by atoms with Crippen LogP contribution in [0.15, 0.2) is 42.5 Å². The molecule has 0 radical (unpaired) electrons. The lowest BCUT2D eigenvalue weighted by Gasteiger charge is -2.42. The average molecular weight is 357 g/mol. The van der Waals surface area contributed by atoms with Crippen molar-refractivity contribution in [2.45, 2.75) is 25.8 Å². The third-order valence-electron chi connectivity index (χ3n) is 5.47. The van der Waals surface area contributed by atoms with E-state index in [1.165, 1.54) is 6.07 Å². The molecular formula is C21H24FNO3. The molecule has 2 aromatic carbocycles. The molecule has 2 aliphatic heterocycles. The molecule has 4 nitrogen and oxygen atoms in total. The molecule has 138 valence electrons. The van der Waals surface area contributed by atoms with Crippen LogP contribution in [0.4, 0.5) is 4.39 Å². The minimum Gasteiger partial charge on any atom is -0.454 e. The summed E-state index contributed by atoms with van der Waals surface area (Å²) in [6.07, 6.45) is 2.45. The molecule has 0 saturated carbocycles. The Hall–Kier alpha value is -2.11. The van der Waals surface area contributed by atoms with Crippen LogP contribution in [0.1, 0.15) is 24.0 Å². The number of likely N-dealkylation sites (tertiary alicyclic amines) is 1. The maximum atomic E-state index is 14.1. The molecule has 0 amide bonds. The highest BCUT2D eigenvalue weighted by Crippen LogP contribution is 2.38. The molecule has 1 unspecified atom stereocenters. The van der Waals surface area contributed by atoms with Crippen molar-refractivity contribution in [2.75, 3.05) is 26.5 Å². The number of halogens is 1. The Labute approximate surface area is 153 Å². The summed E-state index contributed by atoms with van der Waals surface area (Å²) in [6.45, 7) is 2.77. The number of hydrogen-bond acceptors (Lipinski definition) is 4. The van der Waals surface area contributed by atoms with Crippen molar-refractivity contribution in [3.05, 3.63) is 59.4 Å². The van der Waals surface area contributed by atoms with Gasteiger partial charge < -0.3 is 14.6 Å². The van der Waals surface area contributed by atoms with E-state index in [1.54, 1.807) is 6.07 Å². The lowest BCUT2D eigenvalue weighted by Crippen LogP contribution is -2.46. The third kappa shape index (κ3) is 3.41. The molecule has 0 aromatic heterocycles. The summed E-state index contributed by atoms with van der Waals surface area (Å²) >= 11 is 0. The SMILES string of the molecule is OCC1(Cc2ccccc2F)CCCN(Cc2cccc3c2OCO3)C1. The highest BCUT2D eigenvalue weighted by atomic mass is 19.1. The normalized spacial score (nSPS) is 22.5. The van der Waals surface area contributed by atoms with Gasteiger partial charge in [0.25, 0.3) is 0 Å². The fourth-order valence-electron chi connectivity index (χ4n) is 4.18. The van der Waals surface area contributed by atoms with Gasteiger partial charge >= 0.3 is 0 Å². The molecule has 26 heavy (non-hydrogen) atoms. The van der Waals surface area contributed by atoms with E-state index >= 15 is 0 Å². The smallest absolute Gasteiger partial charge is 0.231 e. The van der Waals surface area contributed by atoms with Crippen molar-refractivity contribution >= 4 is 0 Å². The number of rotatable bonds is 5. The highest BCUT2D eigenvalue weighted by molar-refractivity contribution is 5.48. The minimum absolute atomic E-state index is 0.0599. The van der Waals surface area contributed by atoms with Gasteiger partial charge in [-0.05, 0) is 43.5 Å². The van der Waals surface area contributed by atoms with Crippen LogP contribution >= 0.6 is 0 Å². The highest BCUT2D eigenvalue weighted by Gasteiger charge is 2.36. The Morgan fingerprint density at radius 3 is 2.77 bits per heavy atom. The number of aliphatic hydroxyl groups excluding tert-OH is 1. The van der Waals surface area contributed by atoms with Gasteiger partial charge in [-0.2, -0.15) is 0 Å². The molecule has 2 heterocycles. The maximum absolute atomic E-state index is 14.1. The van der Waals surface area contributed by atoms with Crippen LogP contribution in [0.25, 0.3) is 0 Å². The van der Waals surface area contributed by atoms with E-state index < -0.39 is 0 Å². The van der Waals surface area contributed by atoms with E-state index in [4.69, 9.17) is 9.47 Å². The fraction of sp³-hybridized carbons (Fsp3) is 0.429. The van der Waals surface area contributed by atoms with Crippen LogP contribution in [0.2, 0.25) is 0 Å². The third-order valence-corrected chi connectivity index (χ3v) is 5.47. The molecule has 5 heteroatoms. The van der Waals surface area contributed by atoms with Crippen molar-refractivity contribution in [1.82, 2.24) is 4.90 Å². The zero-order chi connectivity index (χ0) is 18.0. The second-order valence-electron chi connectivity index (χ2n) is 7.39. The predicted octanol–water partition coefficient (Wildman–Crippen LogP) is 3.37. The van der Waals surface area contributed by atoms with E-state index in [2.05, 4.69) is 11.0 Å². The van der Waals surface area contributed by atoms with Gasteiger partial charge in [0.05, 0.1) is 6.61 Å². The van der Waals surface area contributed by atoms with Crippen molar-refractivity contribution in [2.24, 2.45) is 5.41 Å². The van der Waals surface area contributed by atoms with E-state index in [0.717, 1.165) is 49.5 Å². The fourth-order valence-corrected chi connectivity index (χ4v) is 4.18. The van der Waals surface area contributed by atoms with Gasteiger partial charge in [-0.15, -0.1) is 0 Å². The van der Waals surface area contributed by atoms with Gasteiger partial charge in [-0.1, -0.05) is 30.3 Å². The van der Waals surface area contributed by atoms with Crippen LogP contribution in [0.3, 0.4) is 0 Å². The van der Waals surface area contributed by atoms with Crippen molar-refractivity contribution in [3.8, 4) is 11.5 Å². The lowest BCUT2D eigenvalue weighted by atomic mass is 9.75. The van der Waals surface area contributed by atoms with Crippen LogP contribution < -0.4 is 9.47 Å². The van der Waals surface area contributed by atoms with Gasteiger partial charge in [0, 0.05) is 24.1 Å². The number of hydrogen-bond donors (Lipinski definition) is 1. The second kappa shape index (κ2) is 7.25. The van der Waals surface area contributed by atoms with Gasteiger partial charge in [-0.25, -0.2) is 4.39 Å². The van der Waals surface area contributed by atoms with Crippen LogP contribution in [-0.4, -0.2) is 36.5 Å². The summed E-state index contributed by atoms with van der Waals surface area (Å²) in [5.41, 5.74) is 1.47. The molecule has 1 N–H and O–H groups in total. The van der Waals surface area contributed by atoms with Crippen LogP contribution in [-0.2, 0) is 13.0 Å². The number of benzene rings is 2. The molecule has 0 bridgehead atoms. The Morgan fingerprint density at radius 2 is 1.92 bits per heavy atom. The average Bonchev–Trinajstić information content (AvgIpc) is 3.14. The number of nitrogens with zero attached hydrogens (tertiary/aromatic N) is 1. The van der Waals surface area contributed by atoms with Crippen molar-refractivity contribution in [3.63, 3.8) is 0 Å².